The van der Waals surface area contributed by atoms with Gasteiger partial charge in [0, 0.05) is 12.3 Å². The Morgan fingerprint density at radius 3 is 2.29 bits per heavy atom. The smallest absolute Gasteiger partial charge is 0.120 e. The van der Waals surface area contributed by atoms with Gasteiger partial charge in [0.25, 0.3) is 0 Å². The van der Waals surface area contributed by atoms with Gasteiger partial charge in [-0.2, -0.15) is 0 Å². The SMILES string of the molecule is CCCCOc1ccc([C@H](CC=O)c2ccccc2)cc1. The highest BCUT2D eigenvalue weighted by Gasteiger charge is 2.13. The van der Waals surface area contributed by atoms with Crippen molar-refractivity contribution in [1.82, 2.24) is 0 Å². The van der Waals surface area contributed by atoms with Crippen LogP contribution in [0.1, 0.15) is 43.2 Å². The van der Waals surface area contributed by atoms with E-state index in [0.717, 1.165) is 37.0 Å². The van der Waals surface area contributed by atoms with Gasteiger partial charge in [0.15, 0.2) is 0 Å². The summed E-state index contributed by atoms with van der Waals surface area (Å²) < 4.78 is 5.68. The number of hydrogen-bond donors (Lipinski definition) is 0. The largest absolute Gasteiger partial charge is 0.494 e. The zero-order valence-corrected chi connectivity index (χ0v) is 12.5. The predicted octanol–water partition coefficient (Wildman–Crippen LogP) is 4.59. The molecule has 2 heteroatoms. The van der Waals surface area contributed by atoms with E-state index in [-0.39, 0.29) is 5.92 Å². The third kappa shape index (κ3) is 4.45. The van der Waals surface area contributed by atoms with Crippen molar-refractivity contribution >= 4 is 6.29 Å². The molecule has 0 heterocycles. The van der Waals surface area contributed by atoms with Crippen molar-refractivity contribution in [2.45, 2.75) is 32.1 Å². The third-order valence-corrected chi connectivity index (χ3v) is 3.58. The molecule has 2 aromatic rings. The van der Waals surface area contributed by atoms with Gasteiger partial charge in [0.05, 0.1) is 6.61 Å². The van der Waals surface area contributed by atoms with Gasteiger partial charge in [-0.15, -0.1) is 0 Å². The molecule has 0 bridgehead atoms. The maximum absolute atomic E-state index is 11.0. The monoisotopic (exact) mass is 282 g/mol. The Morgan fingerprint density at radius 2 is 1.67 bits per heavy atom. The van der Waals surface area contributed by atoms with Crippen molar-refractivity contribution in [2.75, 3.05) is 6.61 Å². The van der Waals surface area contributed by atoms with Gasteiger partial charge in [-0.1, -0.05) is 55.8 Å². The zero-order chi connectivity index (χ0) is 14.9. The van der Waals surface area contributed by atoms with E-state index < -0.39 is 0 Å². The number of hydrogen-bond acceptors (Lipinski definition) is 2. The second-order valence-corrected chi connectivity index (χ2v) is 5.14. The van der Waals surface area contributed by atoms with Crippen LogP contribution in [0.15, 0.2) is 54.6 Å². The van der Waals surface area contributed by atoms with E-state index in [9.17, 15) is 4.79 Å². The molecule has 0 aliphatic rings. The van der Waals surface area contributed by atoms with Gasteiger partial charge in [-0.25, -0.2) is 0 Å². The summed E-state index contributed by atoms with van der Waals surface area (Å²) in [6.07, 6.45) is 3.69. The topological polar surface area (TPSA) is 26.3 Å². The molecular formula is C19H22O2. The molecule has 0 unspecified atom stereocenters. The van der Waals surface area contributed by atoms with Crippen LogP contribution in [0, 0.1) is 0 Å². The highest BCUT2D eigenvalue weighted by atomic mass is 16.5. The van der Waals surface area contributed by atoms with E-state index in [2.05, 4.69) is 31.2 Å². The number of aldehydes is 1. The number of ether oxygens (including phenoxy) is 1. The van der Waals surface area contributed by atoms with Gasteiger partial charge in [0.2, 0.25) is 0 Å². The minimum absolute atomic E-state index is 0.119. The first-order valence-electron chi connectivity index (χ1n) is 7.56. The molecule has 0 fully saturated rings. The van der Waals surface area contributed by atoms with E-state index in [1.54, 1.807) is 0 Å². The molecule has 0 N–H and O–H groups in total. The van der Waals surface area contributed by atoms with Gasteiger partial charge in [-0.3, -0.25) is 0 Å². The van der Waals surface area contributed by atoms with E-state index in [1.165, 1.54) is 5.56 Å². The Morgan fingerprint density at radius 1 is 1.00 bits per heavy atom. The van der Waals surface area contributed by atoms with Crippen LogP contribution in [-0.2, 0) is 4.79 Å². The number of rotatable bonds is 8. The van der Waals surface area contributed by atoms with Crippen LogP contribution in [0.2, 0.25) is 0 Å². The van der Waals surface area contributed by atoms with E-state index in [0.29, 0.717) is 6.42 Å². The summed E-state index contributed by atoms with van der Waals surface area (Å²) in [6, 6.07) is 18.2. The van der Waals surface area contributed by atoms with Gasteiger partial charge >= 0.3 is 0 Å². The van der Waals surface area contributed by atoms with Crippen LogP contribution in [0.4, 0.5) is 0 Å². The first-order chi connectivity index (χ1) is 10.3. The fourth-order valence-corrected chi connectivity index (χ4v) is 2.38. The summed E-state index contributed by atoms with van der Waals surface area (Å²) in [7, 11) is 0. The maximum atomic E-state index is 11.0. The summed E-state index contributed by atoms with van der Waals surface area (Å²) in [5.74, 6) is 1.01. The average Bonchev–Trinajstić information content (AvgIpc) is 2.54. The second kappa shape index (κ2) is 8.25. The van der Waals surface area contributed by atoms with Crippen molar-refractivity contribution < 1.29 is 9.53 Å². The van der Waals surface area contributed by atoms with Crippen LogP contribution in [0.25, 0.3) is 0 Å². The lowest BCUT2D eigenvalue weighted by atomic mass is 9.89. The quantitative estimate of drug-likeness (QED) is 0.523. The molecule has 0 saturated heterocycles. The van der Waals surface area contributed by atoms with E-state index in [1.807, 2.05) is 30.3 Å². The predicted molar refractivity (Wildman–Crippen MR) is 85.8 cm³/mol. The van der Waals surface area contributed by atoms with E-state index >= 15 is 0 Å². The molecule has 0 aliphatic heterocycles. The van der Waals surface area contributed by atoms with Crippen molar-refractivity contribution in [3.05, 3.63) is 65.7 Å². The normalized spacial score (nSPS) is 11.9. The van der Waals surface area contributed by atoms with E-state index in [4.69, 9.17) is 4.74 Å². The van der Waals surface area contributed by atoms with Crippen LogP contribution in [-0.4, -0.2) is 12.9 Å². The minimum Gasteiger partial charge on any atom is -0.494 e. The van der Waals surface area contributed by atoms with Crippen LogP contribution >= 0.6 is 0 Å². The highest BCUT2D eigenvalue weighted by Crippen LogP contribution is 2.28. The van der Waals surface area contributed by atoms with Crippen molar-refractivity contribution in [3.8, 4) is 5.75 Å². The lowest BCUT2D eigenvalue weighted by molar-refractivity contribution is -0.108. The molecule has 1 atom stereocenters. The maximum Gasteiger partial charge on any atom is 0.120 e. The summed E-state index contributed by atoms with van der Waals surface area (Å²) in [4.78, 5) is 11.0. The molecule has 0 radical (unpaired) electrons. The Kier molecular flexibility index (Phi) is 6.01. The summed E-state index contributed by atoms with van der Waals surface area (Å²) in [5.41, 5.74) is 2.32. The minimum atomic E-state index is 0.119. The second-order valence-electron chi connectivity index (χ2n) is 5.14. The molecule has 2 rings (SSSR count). The molecule has 21 heavy (non-hydrogen) atoms. The van der Waals surface area contributed by atoms with Crippen LogP contribution < -0.4 is 4.74 Å². The van der Waals surface area contributed by atoms with Crippen molar-refractivity contribution in [2.24, 2.45) is 0 Å². The van der Waals surface area contributed by atoms with Gasteiger partial charge < -0.3 is 9.53 Å². The lowest BCUT2D eigenvalue weighted by Gasteiger charge is -2.16. The van der Waals surface area contributed by atoms with Gasteiger partial charge in [-0.05, 0) is 29.7 Å². The van der Waals surface area contributed by atoms with Crippen molar-refractivity contribution in [1.29, 1.82) is 0 Å². The molecule has 2 nitrogen and oxygen atoms in total. The molecule has 110 valence electrons. The number of carbonyl (C=O) groups excluding carboxylic acids is 1. The van der Waals surface area contributed by atoms with Crippen LogP contribution in [0.5, 0.6) is 5.75 Å². The Hall–Kier alpha value is -2.09. The average molecular weight is 282 g/mol. The van der Waals surface area contributed by atoms with Gasteiger partial charge in [0.1, 0.15) is 12.0 Å². The molecule has 0 amide bonds. The number of carbonyl (C=O) groups is 1. The van der Waals surface area contributed by atoms with Crippen LogP contribution in [0.3, 0.4) is 0 Å². The summed E-state index contributed by atoms with van der Waals surface area (Å²) >= 11 is 0. The Balaban J connectivity index is 2.12. The number of benzene rings is 2. The molecule has 2 aromatic carbocycles. The molecular weight excluding hydrogens is 260 g/mol. The summed E-state index contributed by atoms with van der Waals surface area (Å²) in [5, 5.41) is 0. The zero-order valence-electron chi connectivity index (χ0n) is 12.5. The standard InChI is InChI=1S/C19H22O2/c1-2-3-15-21-18-11-9-17(10-12-18)19(13-14-20)16-7-5-4-6-8-16/h4-12,14,19H,2-3,13,15H2,1H3/t19-/m1/s1. The summed E-state index contributed by atoms with van der Waals surface area (Å²) in [6.45, 7) is 2.91. The Bertz CT molecular complexity index is 531. The van der Waals surface area contributed by atoms with Crippen molar-refractivity contribution in [3.63, 3.8) is 0 Å². The fourth-order valence-electron chi connectivity index (χ4n) is 2.38. The molecule has 0 spiro atoms. The Labute approximate surface area is 126 Å². The fraction of sp³-hybridized carbons (Fsp3) is 0.316. The molecule has 0 aliphatic carbocycles. The molecule has 0 saturated carbocycles. The molecule has 0 aromatic heterocycles. The lowest BCUT2D eigenvalue weighted by Crippen LogP contribution is -2.02. The first-order valence-corrected chi connectivity index (χ1v) is 7.56. The first kappa shape index (κ1) is 15.3. The third-order valence-electron chi connectivity index (χ3n) is 3.58. The number of unbranched alkanes of at least 4 members (excludes halogenated alkanes) is 1. The highest BCUT2D eigenvalue weighted by molar-refractivity contribution is 5.54.